The van der Waals surface area contributed by atoms with Crippen LogP contribution in [-0.4, -0.2) is 30.3 Å². The molecule has 0 amide bonds. The van der Waals surface area contributed by atoms with E-state index in [0.29, 0.717) is 24.1 Å². The maximum atomic E-state index is 5.82. The molecule has 0 bridgehead atoms. The summed E-state index contributed by atoms with van der Waals surface area (Å²) in [6.07, 6.45) is 2.19. The molecule has 1 rings (SSSR count). The number of methoxy groups -OCH3 is 1. The minimum absolute atomic E-state index is 0.265. The van der Waals surface area contributed by atoms with E-state index in [1.807, 2.05) is 0 Å². The second-order valence-electron chi connectivity index (χ2n) is 2.69. The van der Waals surface area contributed by atoms with Gasteiger partial charge in [-0.1, -0.05) is 11.6 Å². The average Bonchev–Trinajstić information content (AvgIpc) is 2.26. The van der Waals surface area contributed by atoms with Gasteiger partial charge in [0, 0.05) is 20.1 Å². The summed E-state index contributed by atoms with van der Waals surface area (Å²) >= 11 is 5.82. The van der Waals surface area contributed by atoms with Crippen LogP contribution in [0.1, 0.15) is 6.42 Å². The van der Waals surface area contributed by atoms with E-state index >= 15 is 0 Å². The van der Waals surface area contributed by atoms with Gasteiger partial charge >= 0.3 is 0 Å². The fourth-order valence-corrected chi connectivity index (χ4v) is 1.04. The third-order valence-corrected chi connectivity index (χ3v) is 1.83. The number of nitrogens with two attached hydrogens (primary N) is 1. The average molecular weight is 233 g/mol. The Morgan fingerprint density at radius 1 is 1.53 bits per heavy atom. The van der Waals surface area contributed by atoms with E-state index in [9.17, 15) is 0 Å². The van der Waals surface area contributed by atoms with Crippen molar-refractivity contribution in [1.82, 2.24) is 9.97 Å². The third kappa shape index (κ3) is 3.86. The first kappa shape index (κ1) is 12.0. The van der Waals surface area contributed by atoms with E-state index in [-0.39, 0.29) is 5.95 Å². The topological polar surface area (TPSA) is 82.3 Å². The highest BCUT2D eigenvalue weighted by molar-refractivity contribution is 6.31. The lowest BCUT2D eigenvalue weighted by Crippen LogP contribution is -2.11. The van der Waals surface area contributed by atoms with Crippen LogP contribution in [0, 0.1) is 0 Å². The van der Waals surface area contributed by atoms with Gasteiger partial charge < -0.3 is 9.47 Å². The van der Waals surface area contributed by atoms with Crippen molar-refractivity contribution in [2.75, 3.05) is 25.7 Å². The maximum absolute atomic E-state index is 5.82. The molecule has 0 atom stereocenters. The van der Waals surface area contributed by atoms with Gasteiger partial charge in [-0.25, -0.2) is 10.8 Å². The molecule has 7 heteroatoms. The first-order valence-corrected chi connectivity index (χ1v) is 4.76. The Kier molecular flexibility index (Phi) is 5.09. The van der Waals surface area contributed by atoms with Crippen molar-refractivity contribution in [3.05, 3.63) is 11.2 Å². The lowest BCUT2D eigenvalue weighted by Gasteiger charge is -2.07. The van der Waals surface area contributed by atoms with Crippen LogP contribution in [0.2, 0.25) is 5.02 Å². The second kappa shape index (κ2) is 6.39. The Balaban J connectivity index is 2.51. The van der Waals surface area contributed by atoms with Gasteiger partial charge in [-0.05, 0) is 0 Å². The highest BCUT2D eigenvalue weighted by Gasteiger charge is 2.05. The molecule has 0 spiro atoms. The van der Waals surface area contributed by atoms with E-state index < -0.39 is 0 Å². The standard InChI is InChI=1S/C8H13ClN4O2/c1-14-3-2-4-15-7-6(9)5-11-8(12-7)13-10/h5H,2-4,10H2,1H3,(H,11,12,13). The number of aromatic nitrogens is 2. The molecular formula is C8H13ClN4O2. The predicted octanol–water partition coefficient (Wildman–Crippen LogP) is 0.831. The number of halogens is 1. The van der Waals surface area contributed by atoms with Gasteiger partial charge in [0.2, 0.25) is 11.8 Å². The highest BCUT2D eigenvalue weighted by Crippen LogP contribution is 2.21. The summed E-state index contributed by atoms with van der Waals surface area (Å²) < 4.78 is 10.2. The molecule has 0 saturated carbocycles. The largest absolute Gasteiger partial charge is 0.476 e. The van der Waals surface area contributed by atoms with Gasteiger partial charge in [0.25, 0.3) is 0 Å². The van der Waals surface area contributed by atoms with Crippen LogP contribution in [-0.2, 0) is 4.74 Å². The molecule has 15 heavy (non-hydrogen) atoms. The van der Waals surface area contributed by atoms with E-state index in [1.54, 1.807) is 7.11 Å². The number of hydrazine groups is 1. The molecular weight excluding hydrogens is 220 g/mol. The summed E-state index contributed by atoms with van der Waals surface area (Å²) in [7, 11) is 1.63. The molecule has 1 heterocycles. The lowest BCUT2D eigenvalue weighted by molar-refractivity contribution is 0.170. The van der Waals surface area contributed by atoms with Crippen molar-refractivity contribution in [3.63, 3.8) is 0 Å². The Labute approximate surface area is 92.7 Å². The van der Waals surface area contributed by atoms with Crippen LogP contribution in [0.15, 0.2) is 6.20 Å². The minimum atomic E-state index is 0.265. The van der Waals surface area contributed by atoms with Crippen molar-refractivity contribution in [3.8, 4) is 5.88 Å². The number of hydrogen-bond acceptors (Lipinski definition) is 6. The summed E-state index contributed by atoms with van der Waals surface area (Å²) in [5, 5.41) is 0.353. The van der Waals surface area contributed by atoms with E-state index in [4.69, 9.17) is 26.9 Å². The number of nitrogen functional groups attached to an aromatic ring is 1. The molecule has 0 aliphatic rings. The van der Waals surface area contributed by atoms with Crippen LogP contribution in [0.5, 0.6) is 5.88 Å². The monoisotopic (exact) mass is 232 g/mol. The highest BCUT2D eigenvalue weighted by atomic mass is 35.5. The molecule has 0 aliphatic carbocycles. The molecule has 6 nitrogen and oxygen atoms in total. The van der Waals surface area contributed by atoms with Gasteiger partial charge in [-0.15, -0.1) is 0 Å². The molecule has 0 aliphatic heterocycles. The summed E-state index contributed by atoms with van der Waals surface area (Å²) in [5.74, 6) is 5.73. The molecule has 0 radical (unpaired) electrons. The maximum Gasteiger partial charge on any atom is 0.240 e. The fourth-order valence-electron chi connectivity index (χ4n) is 0.894. The molecule has 0 saturated heterocycles. The number of nitrogens with one attached hydrogen (secondary N) is 1. The van der Waals surface area contributed by atoms with Crippen molar-refractivity contribution < 1.29 is 9.47 Å². The molecule has 0 aromatic carbocycles. The normalized spacial score (nSPS) is 10.1. The predicted molar refractivity (Wildman–Crippen MR) is 56.8 cm³/mol. The Bertz CT molecular complexity index is 311. The van der Waals surface area contributed by atoms with Gasteiger partial charge in [0.15, 0.2) is 0 Å². The second-order valence-corrected chi connectivity index (χ2v) is 3.09. The van der Waals surface area contributed by atoms with E-state index in [0.717, 1.165) is 6.42 Å². The minimum Gasteiger partial charge on any atom is -0.476 e. The van der Waals surface area contributed by atoms with Crippen molar-refractivity contribution >= 4 is 17.5 Å². The van der Waals surface area contributed by atoms with Gasteiger partial charge in [0.05, 0.1) is 12.8 Å². The smallest absolute Gasteiger partial charge is 0.240 e. The zero-order chi connectivity index (χ0) is 11.1. The fraction of sp³-hybridized carbons (Fsp3) is 0.500. The number of rotatable bonds is 6. The number of nitrogens with zero attached hydrogens (tertiary/aromatic N) is 2. The first-order valence-electron chi connectivity index (χ1n) is 4.39. The summed E-state index contributed by atoms with van der Waals surface area (Å²) in [5.41, 5.74) is 2.31. The van der Waals surface area contributed by atoms with Crippen LogP contribution in [0.4, 0.5) is 5.95 Å². The summed E-state index contributed by atoms with van der Waals surface area (Å²) in [4.78, 5) is 7.76. The quantitative estimate of drug-likeness (QED) is 0.430. The zero-order valence-corrected chi connectivity index (χ0v) is 9.12. The van der Waals surface area contributed by atoms with Gasteiger partial charge in [0.1, 0.15) is 5.02 Å². The first-order chi connectivity index (χ1) is 7.27. The van der Waals surface area contributed by atoms with Gasteiger partial charge in [-0.2, -0.15) is 4.98 Å². The van der Waals surface area contributed by atoms with Crippen molar-refractivity contribution in [2.24, 2.45) is 5.84 Å². The van der Waals surface area contributed by atoms with Crippen LogP contribution in [0.25, 0.3) is 0 Å². The third-order valence-electron chi connectivity index (χ3n) is 1.57. The number of anilines is 1. The zero-order valence-electron chi connectivity index (χ0n) is 8.36. The van der Waals surface area contributed by atoms with Crippen LogP contribution >= 0.6 is 11.6 Å². The summed E-state index contributed by atoms with van der Waals surface area (Å²) in [6.45, 7) is 1.11. The SMILES string of the molecule is COCCCOc1nc(NN)ncc1Cl. The van der Waals surface area contributed by atoms with E-state index in [1.165, 1.54) is 6.20 Å². The molecule has 0 fully saturated rings. The van der Waals surface area contributed by atoms with Gasteiger partial charge in [-0.3, -0.25) is 5.43 Å². The molecule has 1 aromatic heterocycles. The molecule has 3 N–H and O–H groups in total. The molecule has 1 aromatic rings. The molecule has 0 unspecified atom stereocenters. The lowest BCUT2D eigenvalue weighted by atomic mass is 10.5. The molecule has 84 valence electrons. The number of ether oxygens (including phenoxy) is 2. The van der Waals surface area contributed by atoms with Crippen molar-refractivity contribution in [2.45, 2.75) is 6.42 Å². The Hall–Kier alpha value is -1.11. The van der Waals surface area contributed by atoms with Crippen LogP contribution in [0.3, 0.4) is 0 Å². The van der Waals surface area contributed by atoms with E-state index in [2.05, 4.69) is 15.4 Å². The van der Waals surface area contributed by atoms with Crippen molar-refractivity contribution in [1.29, 1.82) is 0 Å². The Morgan fingerprint density at radius 2 is 2.33 bits per heavy atom. The summed E-state index contributed by atoms with van der Waals surface area (Å²) in [6, 6.07) is 0. The van der Waals surface area contributed by atoms with Crippen LogP contribution < -0.4 is 16.0 Å². The Morgan fingerprint density at radius 3 is 3.00 bits per heavy atom. The number of hydrogen-bond donors (Lipinski definition) is 2.